The minimum absolute atomic E-state index is 0.200. The Kier molecular flexibility index (Phi) is 5.06. The molecule has 146 valence electrons. The number of aryl methyl sites for hydroxylation is 1. The molecule has 2 aliphatic heterocycles. The number of hydrogen-bond acceptors (Lipinski definition) is 6. The molecule has 2 aromatic rings. The first-order chi connectivity index (χ1) is 12.7. The van der Waals surface area contributed by atoms with E-state index in [2.05, 4.69) is 0 Å². The highest BCUT2D eigenvalue weighted by atomic mass is 35.5. The SMILES string of the molecule is Cc1cc(Cc2cc3c(cc2Cl)CO[C@]32O[C@H](C)[C@@H](O)[C@H](O)[C@H]2O)sc1Cl. The van der Waals surface area contributed by atoms with Crippen LogP contribution >= 0.6 is 34.5 Å². The number of benzene rings is 1. The molecule has 4 rings (SSSR count). The van der Waals surface area contributed by atoms with Gasteiger partial charge in [-0.3, -0.25) is 0 Å². The van der Waals surface area contributed by atoms with Crippen LogP contribution in [0.25, 0.3) is 0 Å². The first-order valence-corrected chi connectivity index (χ1v) is 10.2. The van der Waals surface area contributed by atoms with E-state index < -0.39 is 30.2 Å². The summed E-state index contributed by atoms with van der Waals surface area (Å²) in [6, 6.07) is 5.69. The minimum atomic E-state index is -1.52. The summed E-state index contributed by atoms with van der Waals surface area (Å²) in [7, 11) is 0. The van der Waals surface area contributed by atoms with Gasteiger partial charge in [-0.15, -0.1) is 11.3 Å². The second-order valence-electron chi connectivity index (χ2n) is 7.15. The van der Waals surface area contributed by atoms with Crippen molar-refractivity contribution in [2.24, 2.45) is 0 Å². The second-order valence-corrected chi connectivity index (χ2v) is 9.30. The monoisotopic (exact) mass is 430 g/mol. The number of aliphatic hydroxyl groups excluding tert-OH is 3. The smallest absolute Gasteiger partial charge is 0.225 e. The molecule has 1 fully saturated rings. The van der Waals surface area contributed by atoms with Crippen molar-refractivity contribution < 1.29 is 24.8 Å². The number of aliphatic hydroxyl groups is 3. The van der Waals surface area contributed by atoms with E-state index in [9.17, 15) is 15.3 Å². The Bertz CT molecular complexity index is 866. The van der Waals surface area contributed by atoms with Crippen LogP contribution in [0.15, 0.2) is 18.2 Å². The van der Waals surface area contributed by atoms with Crippen LogP contribution in [0.3, 0.4) is 0 Å². The van der Waals surface area contributed by atoms with Gasteiger partial charge in [0.1, 0.15) is 18.3 Å². The van der Waals surface area contributed by atoms with E-state index in [-0.39, 0.29) is 6.61 Å². The summed E-state index contributed by atoms with van der Waals surface area (Å²) < 4.78 is 12.4. The zero-order valence-electron chi connectivity index (χ0n) is 14.8. The summed E-state index contributed by atoms with van der Waals surface area (Å²) in [5, 5.41) is 31.5. The van der Waals surface area contributed by atoms with Crippen molar-refractivity contribution in [1.82, 2.24) is 0 Å². The van der Waals surface area contributed by atoms with Gasteiger partial charge in [-0.2, -0.15) is 0 Å². The third-order valence-electron chi connectivity index (χ3n) is 5.27. The van der Waals surface area contributed by atoms with Crippen LogP contribution in [0.2, 0.25) is 9.36 Å². The molecule has 0 amide bonds. The largest absolute Gasteiger partial charge is 0.388 e. The molecule has 27 heavy (non-hydrogen) atoms. The summed E-state index contributed by atoms with van der Waals surface area (Å²) in [5.74, 6) is -1.52. The number of fused-ring (bicyclic) bond motifs is 2. The fraction of sp³-hybridized carbons (Fsp3) is 0.474. The molecule has 0 bridgehead atoms. The molecule has 0 radical (unpaired) electrons. The minimum Gasteiger partial charge on any atom is -0.388 e. The van der Waals surface area contributed by atoms with Crippen LogP contribution in [0.5, 0.6) is 0 Å². The van der Waals surface area contributed by atoms with Gasteiger partial charge in [-0.1, -0.05) is 23.2 Å². The lowest BCUT2D eigenvalue weighted by molar-refractivity contribution is -0.362. The Labute approximate surface area is 171 Å². The average molecular weight is 431 g/mol. The third kappa shape index (κ3) is 3.12. The predicted octanol–water partition coefficient (Wildman–Crippen LogP) is 3.14. The van der Waals surface area contributed by atoms with Crippen LogP contribution in [0.4, 0.5) is 0 Å². The van der Waals surface area contributed by atoms with Crippen LogP contribution < -0.4 is 0 Å². The molecule has 1 spiro atoms. The number of rotatable bonds is 2. The standard InChI is InChI=1S/C19H20Cl2O5S/c1-8-3-12(27-18(8)21)4-10-5-13-11(6-14(10)20)7-25-19(13)17(24)16(23)15(22)9(2)26-19/h3,5-6,9,15-17,22-24H,4,7H2,1-2H3/t9-,15-,16+,17-,19+/m1/s1. The molecule has 2 aliphatic rings. The van der Waals surface area contributed by atoms with Crippen molar-refractivity contribution in [3.05, 3.63) is 54.7 Å². The molecule has 0 saturated carbocycles. The van der Waals surface area contributed by atoms with Crippen molar-refractivity contribution >= 4 is 34.5 Å². The highest BCUT2D eigenvalue weighted by Gasteiger charge is 2.57. The van der Waals surface area contributed by atoms with Crippen LogP contribution in [0.1, 0.15) is 34.1 Å². The molecule has 0 unspecified atom stereocenters. The lowest BCUT2D eigenvalue weighted by Crippen LogP contribution is -2.62. The molecule has 1 aromatic carbocycles. The van der Waals surface area contributed by atoms with E-state index in [1.807, 2.05) is 19.1 Å². The van der Waals surface area contributed by atoms with Gasteiger partial charge in [0.15, 0.2) is 0 Å². The molecule has 1 aromatic heterocycles. The summed E-state index contributed by atoms with van der Waals surface area (Å²) in [4.78, 5) is 1.07. The Morgan fingerprint density at radius 2 is 1.93 bits per heavy atom. The molecular formula is C19H20Cl2O5S. The van der Waals surface area contributed by atoms with E-state index in [4.69, 9.17) is 32.7 Å². The maximum atomic E-state index is 10.6. The summed E-state index contributed by atoms with van der Waals surface area (Å²) in [6.07, 6.45) is -4.11. The highest BCUT2D eigenvalue weighted by Crippen LogP contribution is 2.47. The first kappa shape index (κ1) is 19.6. The quantitative estimate of drug-likeness (QED) is 0.681. The molecule has 3 N–H and O–H groups in total. The van der Waals surface area contributed by atoms with Crippen molar-refractivity contribution in [2.45, 2.75) is 57.1 Å². The maximum absolute atomic E-state index is 10.6. The average Bonchev–Trinajstić information content (AvgIpc) is 3.12. The lowest BCUT2D eigenvalue weighted by atomic mass is 9.87. The van der Waals surface area contributed by atoms with Gasteiger partial charge >= 0.3 is 0 Å². The Morgan fingerprint density at radius 1 is 1.19 bits per heavy atom. The van der Waals surface area contributed by atoms with Crippen molar-refractivity contribution in [3.8, 4) is 0 Å². The first-order valence-electron chi connectivity index (χ1n) is 8.65. The third-order valence-corrected chi connectivity index (χ3v) is 7.17. The van der Waals surface area contributed by atoms with E-state index in [1.165, 1.54) is 11.3 Å². The number of thiophene rings is 1. The van der Waals surface area contributed by atoms with E-state index in [0.717, 1.165) is 25.9 Å². The van der Waals surface area contributed by atoms with Crippen molar-refractivity contribution in [3.63, 3.8) is 0 Å². The summed E-state index contributed by atoms with van der Waals surface area (Å²) in [6.45, 7) is 3.79. The molecule has 3 heterocycles. The summed E-state index contributed by atoms with van der Waals surface area (Å²) >= 11 is 14.1. The van der Waals surface area contributed by atoms with Crippen LogP contribution in [0, 0.1) is 6.92 Å². The van der Waals surface area contributed by atoms with E-state index in [0.29, 0.717) is 17.0 Å². The predicted molar refractivity (Wildman–Crippen MR) is 103 cm³/mol. The Balaban J connectivity index is 1.74. The molecule has 0 aliphatic carbocycles. The molecular weight excluding hydrogens is 411 g/mol. The van der Waals surface area contributed by atoms with Gasteiger partial charge < -0.3 is 24.8 Å². The highest BCUT2D eigenvalue weighted by molar-refractivity contribution is 7.16. The van der Waals surface area contributed by atoms with Crippen molar-refractivity contribution in [2.75, 3.05) is 0 Å². The number of ether oxygens (including phenoxy) is 2. The topological polar surface area (TPSA) is 79.2 Å². The number of hydrogen-bond donors (Lipinski definition) is 3. The van der Waals surface area contributed by atoms with E-state index >= 15 is 0 Å². The van der Waals surface area contributed by atoms with Gasteiger partial charge in [-0.25, -0.2) is 0 Å². The van der Waals surface area contributed by atoms with Crippen LogP contribution in [-0.4, -0.2) is 39.7 Å². The second kappa shape index (κ2) is 6.97. The van der Waals surface area contributed by atoms with Crippen molar-refractivity contribution in [1.29, 1.82) is 0 Å². The maximum Gasteiger partial charge on any atom is 0.225 e. The zero-order valence-corrected chi connectivity index (χ0v) is 17.1. The normalized spacial score (nSPS) is 32.9. The molecule has 8 heteroatoms. The Morgan fingerprint density at radius 3 is 2.59 bits per heavy atom. The van der Waals surface area contributed by atoms with Gasteiger partial charge in [0.05, 0.1) is 17.0 Å². The fourth-order valence-corrected chi connectivity index (χ4v) is 5.26. The fourth-order valence-electron chi connectivity index (χ4n) is 3.75. The Hall–Kier alpha value is -0.700. The van der Waals surface area contributed by atoms with Gasteiger partial charge in [-0.05, 0) is 48.7 Å². The van der Waals surface area contributed by atoms with E-state index in [1.54, 1.807) is 13.0 Å². The molecule has 1 saturated heterocycles. The van der Waals surface area contributed by atoms with Gasteiger partial charge in [0.25, 0.3) is 0 Å². The molecule has 5 atom stereocenters. The number of halogens is 2. The summed E-state index contributed by atoms with van der Waals surface area (Å²) in [5.41, 5.74) is 3.29. The van der Waals surface area contributed by atoms with Gasteiger partial charge in [0, 0.05) is 21.9 Å². The molecule has 5 nitrogen and oxygen atoms in total. The van der Waals surface area contributed by atoms with Crippen LogP contribution in [-0.2, 0) is 28.3 Å². The lowest BCUT2D eigenvalue weighted by Gasteiger charge is -2.45. The zero-order chi connectivity index (χ0) is 19.5. The van der Waals surface area contributed by atoms with Gasteiger partial charge in [0.2, 0.25) is 5.79 Å².